The predicted molar refractivity (Wildman–Crippen MR) is 76.6 cm³/mol. The van der Waals surface area contributed by atoms with Crippen LogP contribution in [0.1, 0.15) is 38.2 Å². The molecule has 1 heterocycles. The number of nitrogens with one attached hydrogen (secondary N) is 1. The Morgan fingerprint density at radius 1 is 1.16 bits per heavy atom. The summed E-state index contributed by atoms with van der Waals surface area (Å²) in [6.07, 6.45) is 1.63. The van der Waals surface area contributed by atoms with Crippen LogP contribution in [0.3, 0.4) is 0 Å². The zero-order chi connectivity index (χ0) is 13.7. The summed E-state index contributed by atoms with van der Waals surface area (Å²) in [6, 6.07) is 10.7. The quantitative estimate of drug-likeness (QED) is 0.866. The van der Waals surface area contributed by atoms with Gasteiger partial charge in [-0.3, -0.25) is 0 Å². The normalized spacial score (nSPS) is 12.8. The first-order valence-electron chi connectivity index (χ1n) is 6.82. The highest BCUT2D eigenvalue weighted by atomic mass is 15.3. The van der Waals surface area contributed by atoms with Gasteiger partial charge in [0.1, 0.15) is 12.2 Å². The maximum Gasteiger partial charge on any atom is 0.140 e. The standard InChI is InChI=1S/C15H22N4/c1-12(2)10-19-15(17-11-18-19)9-16-13(3)14-7-5-4-6-8-14/h4-8,11-13,16H,9-10H2,1-3H3. The third kappa shape index (κ3) is 3.89. The van der Waals surface area contributed by atoms with Crippen LogP contribution < -0.4 is 5.32 Å². The summed E-state index contributed by atoms with van der Waals surface area (Å²) in [5, 5.41) is 7.76. The van der Waals surface area contributed by atoms with E-state index in [-0.39, 0.29) is 0 Å². The van der Waals surface area contributed by atoms with Gasteiger partial charge >= 0.3 is 0 Å². The van der Waals surface area contributed by atoms with Crippen LogP contribution in [0.4, 0.5) is 0 Å². The van der Waals surface area contributed by atoms with Crippen molar-refractivity contribution in [2.45, 2.75) is 39.9 Å². The number of benzene rings is 1. The molecule has 2 aromatic rings. The molecule has 0 fully saturated rings. The van der Waals surface area contributed by atoms with Crippen LogP contribution in [0.5, 0.6) is 0 Å². The predicted octanol–water partition coefficient (Wildman–Crippen LogP) is 2.78. The van der Waals surface area contributed by atoms with Gasteiger partial charge in [-0.1, -0.05) is 44.2 Å². The molecule has 19 heavy (non-hydrogen) atoms. The maximum absolute atomic E-state index is 4.32. The molecule has 102 valence electrons. The van der Waals surface area contributed by atoms with E-state index < -0.39 is 0 Å². The maximum atomic E-state index is 4.32. The third-order valence-corrected chi connectivity index (χ3v) is 3.10. The molecular formula is C15H22N4. The Hall–Kier alpha value is -1.68. The van der Waals surface area contributed by atoms with Gasteiger partial charge in [0.05, 0.1) is 6.54 Å². The SMILES string of the molecule is CC(C)Cn1ncnc1CNC(C)c1ccccc1. The van der Waals surface area contributed by atoms with Gasteiger partial charge in [0.15, 0.2) is 0 Å². The minimum Gasteiger partial charge on any atom is -0.303 e. The van der Waals surface area contributed by atoms with Gasteiger partial charge in [0.2, 0.25) is 0 Å². The summed E-state index contributed by atoms with van der Waals surface area (Å²) in [4.78, 5) is 4.32. The fourth-order valence-corrected chi connectivity index (χ4v) is 2.03. The monoisotopic (exact) mass is 258 g/mol. The molecule has 0 spiro atoms. The molecule has 0 aliphatic rings. The van der Waals surface area contributed by atoms with Gasteiger partial charge in [-0.15, -0.1) is 0 Å². The Morgan fingerprint density at radius 3 is 2.58 bits per heavy atom. The number of hydrogen-bond acceptors (Lipinski definition) is 3. The molecule has 0 radical (unpaired) electrons. The Labute approximate surface area is 114 Å². The molecule has 0 aliphatic heterocycles. The Bertz CT molecular complexity index is 490. The van der Waals surface area contributed by atoms with Gasteiger partial charge in [-0.25, -0.2) is 9.67 Å². The largest absolute Gasteiger partial charge is 0.303 e. The van der Waals surface area contributed by atoms with Crippen LogP contribution in [-0.2, 0) is 13.1 Å². The molecule has 0 amide bonds. The summed E-state index contributed by atoms with van der Waals surface area (Å²) in [6.45, 7) is 8.19. The molecule has 2 rings (SSSR count). The second-order valence-corrected chi connectivity index (χ2v) is 5.27. The molecule has 1 unspecified atom stereocenters. The minimum atomic E-state index is 0.311. The second-order valence-electron chi connectivity index (χ2n) is 5.27. The van der Waals surface area contributed by atoms with Crippen molar-refractivity contribution >= 4 is 0 Å². The lowest BCUT2D eigenvalue weighted by atomic mass is 10.1. The number of nitrogens with zero attached hydrogens (tertiary/aromatic N) is 3. The first kappa shape index (κ1) is 13.7. The molecular weight excluding hydrogens is 236 g/mol. The molecule has 0 bridgehead atoms. The van der Waals surface area contributed by atoms with Crippen molar-refractivity contribution in [3.8, 4) is 0 Å². The van der Waals surface area contributed by atoms with Crippen LogP contribution in [0.15, 0.2) is 36.7 Å². The van der Waals surface area contributed by atoms with Crippen molar-refractivity contribution < 1.29 is 0 Å². The highest BCUT2D eigenvalue weighted by Crippen LogP contribution is 2.12. The van der Waals surface area contributed by atoms with E-state index >= 15 is 0 Å². The zero-order valence-corrected chi connectivity index (χ0v) is 11.9. The third-order valence-electron chi connectivity index (χ3n) is 3.10. The number of rotatable bonds is 6. The van der Waals surface area contributed by atoms with Gasteiger partial charge in [0, 0.05) is 12.6 Å². The average Bonchev–Trinajstić information content (AvgIpc) is 2.83. The molecule has 0 aliphatic carbocycles. The van der Waals surface area contributed by atoms with E-state index in [0.29, 0.717) is 12.0 Å². The lowest BCUT2D eigenvalue weighted by Gasteiger charge is -2.14. The van der Waals surface area contributed by atoms with Crippen LogP contribution in [-0.4, -0.2) is 14.8 Å². The van der Waals surface area contributed by atoms with Crippen molar-refractivity contribution in [2.24, 2.45) is 5.92 Å². The molecule has 0 saturated carbocycles. The molecule has 4 heteroatoms. The first-order chi connectivity index (χ1) is 9.16. The summed E-state index contributed by atoms with van der Waals surface area (Å²) < 4.78 is 1.98. The van der Waals surface area contributed by atoms with E-state index in [1.165, 1.54) is 5.56 Å². The van der Waals surface area contributed by atoms with Crippen molar-refractivity contribution in [2.75, 3.05) is 0 Å². The van der Waals surface area contributed by atoms with E-state index in [9.17, 15) is 0 Å². The summed E-state index contributed by atoms with van der Waals surface area (Å²) in [5.74, 6) is 1.57. The Morgan fingerprint density at radius 2 is 1.89 bits per heavy atom. The van der Waals surface area contributed by atoms with Gasteiger partial charge in [-0.2, -0.15) is 5.10 Å². The molecule has 1 N–H and O–H groups in total. The first-order valence-corrected chi connectivity index (χ1v) is 6.82. The zero-order valence-electron chi connectivity index (χ0n) is 11.9. The number of aromatic nitrogens is 3. The fraction of sp³-hybridized carbons (Fsp3) is 0.467. The summed E-state index contributed by atoms with van der Waals surface area (Å²) in [7, 11) is 0. The highest BCUT2D eigenvalue weighted by molar-refractivity contribution is 5.18. The van der Waals surface area contributed by atoms with Gasteiger partial charge in [-0.05, 0) is 18.4 Å². The molecule has 1 atom stereocenters. The van der Waals surface area contributed by atoms with E-state index in [1.807, 2.05) is 10.7 Å². The topological polar surface area (TPSA) is 42.7 Å². The highest BCUT2D eigenvalue weighted by Gasteiger charge is 2.09. The second kappa shape index (κ2) is 6.48. The lowest BCUT2D eigenvalue weighted by molar-refractivity contribution is 0.449. The van der Waals surface area contributed by atoms with Crippen LogP contribution in [0.25, 0.3) is 0 Å². The molecule has 4 nitrogen and oxygen atoms in total. The minimum absolute atomic E-state index is 0.311. The summed E-state index contributed by atoms with van der Waals surface area (Å²) in [5.41, 5.74) is 1.29. The lowest BCUT2D eigenvalue weighted by Crippen LogP contribution is -2.21. The van der Waals surface area contributed by atoms with Crippen molar-refractivity contribution in [1.82, 2.24) is 20.1 Å². The van der Waals surface area contributed by atoms with Crippen LogP contribution in [0, 0.1) is 5.92 Å². The molecule has 1 aromatic carbocycles. The van der Waals surface area contributed by atoms with Gasteiger partial charge < -0.3 is 5.32 Å². The molecule has 0 saturated heterocycles. The Kier molecular flexibility index (Phi) is 4.68. The van der Waals surface area contributed by atoms with Crippen molar-refractivity contribution in [1.29, 1.82) is 0 Å². The van der Waals surface area contributed by atoms with E-state index in [2.05, 4.69) is 60.4 Å². The van der Waals surface area contributed by atoms with E-state index in [4.69, 9.17) is 0 Å². The summed E-state index contributed by atoms with van der Waals surface area (Å²) >= 11 is 0. The van der Waals surface area contributed by atoms with E-state index in [0.717, 1.165) is 18.9 Å². The van der Waals surface area contributed by atoms with Gasteiger partial charge in [0.25, 0.3) is 0 Å². The molecule has 1 aromatic heterocycles. The smallest absolute Gasteiger partial charge is 0.140 e. The van der Waals surface area contributed by atoms with Crippen molar-refractivity contribution in [3.05, 3.63) is 48.0 Å². The van der Waals surface area contributed by atoms with E-state index in [1.54, 1.807) is 6.33 Å². The average molecular weight is 258 g/mol. The van der Waals surface area contributed by atoms with Crippen LogP contribution >= 0.6 is 0 Å². The van der Waals surface area contributed by atoms with Crippen LogP contribution in [0.2, 0.25) is 0 Å². The fourth-order valence-electron chi connectivity index (χ4n) is 2.03. The Balaban J connectivity index is 1.94. The number of hydrogen-bond donors (Lipinski definition) is 1. The van der Waals surface area contributed by atoms with Crippen molar-refractivity contribution in [3.63, 3.8) is 0 Å².